The number of esters is 1. The van der Waals surface area contributed by atoms with Crippen LogP contribution in [-0.4, -0.2) is 32.8 Å². The molecule has 0 fully saturated rings. The summed E-state index contributed by atoms with van der Waals surface area (Å²) in [6.45, 7) is 3.56. The van der Waals surface area contributed by atoms with E-state index in [1.807, 2.05) is 0 Å². The van der Waals surface area contributed by atoms with Crippen LogP contribution >= 0.6 is 11.6 Å². The van der Waals surface area contributed by atoms with E-state index in [2.05, 4.69) is 10.6 Å². The zero-order valence-electron chi connectivity index (χ0n) is 13.9. The van der Waals surface area contributed by atoms with Crippen molar-refractivity contribution in [3.63, 3.8) is 0 Å². The average Bonchev–Trinajstić information content (AvgIpc) is 2.53. The first-order valence-corrected chi connectivity index (χ1v) is 7.67. The lowest BCUT2D eigenvalue weighted by molar-refractivity contribution is -0.139. The summed E-state index contributed by atoms with van der Waals surface area (Å²) >= 11 is 6.33. The van der Waals surface area contributed by atoms with Crippen molar-refractivity contribution in [2.24, 2.45) is 0 Å². The third kappa shape index (κ3) is 3.41. The van der Waals surface area contributed by atoms with E-state index in [1.54, 1.807) is 26.0 Å². The zero-order valence-corrected chi connectivity index (χ0v) is 14.6. The van der Waals surface area contributed by atoms with Crippen LogP contribution in [-0.2, 0) is 9.53 Å². The molecule has 2 rings (SSSR count). The van der Waals surface area contributed by atoms with Gasteiger partial charge in [0.05, 0.1) is 37.5 Å². The Labute approximate surface area is 144 Å². The van der Waals surface area contributed by atoms with Crippen LogP contribution in [0.25, 0.3) is 0 Å². The van der Waals surface area contributed by atoms with E-state index in [1.165, 1.54) is 14.2 Å². The Hall–Kier alpha value is -2.41. The van der Waals surface area contributed by atoms with Crippen LogP contribution in [0.3, 0.4) is 0 Å². The fourth-order valence-corrected chi connectivity index (χ4v) is 2.76. The van der Waals surface area contributed by atoms with Gasteiger partial charge in [-0.15, -0.1) is 0 Å². The number of amides is 2. The van der Waals surface area contributed by atoms with E-state index in [-0.39, 0.29) is 12.2 Å². The van der Waals surface area contributed by atoms with Crippen molar-refractivity contribution in [1.82, 2.24) is 10.6 Å². The van der Waals surface area contributed by atoms with E-state index in [0.717, 1.165) is 0 Å². The van der Waals surface area contributed by atoms with E-state index < -0.39 is 18.0 Å². The van der Waals surface area contributed by atoms with E-state index in [4.69, 9.17) is 25.8 Å². The van der Waals surface area contributed by atoms with Gasteiger partial charge < -0.3 is 24.8 Å². The van der Waals surface area contributed by atoms with Gasteiger partial charge >= 0.3 is 12.0 Å². The van der Waals surface area contributed by atoms with Crippen LogP contribution in [0.4, 0.5) is 4.79 Å². The molecule has 0 saturated carbocycles. The van der Waals surface area contributed by atoms with Gasteiger partial charge in [-0.3, -0.25) is 0 Å². The second kappa shape index (κ2) is 7.44. The summed E-state index contributed by atoms with van der Waals surface area (Å²) in [5.41, 5.74) is 1.20. The molecule has 1 aliphatic heterocycles. The summed E-state index contributed by atoms with van der Waals surface area (Å²) < 4.78 is 15.6. The van der Waals surface area contributed by atoms with Crippen molar-refractivity contribution in [2.75, 3.05) is 20.8 Å². The highest BCUT2D eigenvalue weighted by Crippen LogP contribution is 2.39. The van der Waals surface area contributed by atoms with Crippen molar-refractivity contribution >= 4 is 23.6 Å². The van der Waals surface area contributed by atoms with E-state index in [9.17, 15) is 9.59 Å². The smallest absolute Gasteiger partial charge is 0.338 e. The van der Waals surface area contributed by atoms with Gasteiger partial charge in [-0.25, -0.2) is 9.59 Å². The third-order valence-electron chi connectivity index (χ3n) is 3.58. The molecular formula is C16H19ClN2O5. The number of halogens is 1. The van der Waals surface area contributed by atoms with Crippen molar-refractivity contribution in [3.8, 4) is 11.5 Å². The molecule has 1 aliphatic rings. The maximum absolute atomic E-state index is 12.3. The molecule has 1 heterocycles. The predicted octanol–water partition coefficient (Wildman–Crippen LogP) is 2.55. The third-order valence-corrected chi connectivity index (χ3v) is 3.91. The summed E-state index contributed by atoms with van der Waals surface area (Å²) in [7, 11) is 2.98. The molecular weight excluding hydrogens is 336 g/mol. The molecule has 0 spiro atoms. The van der Waals surface area contributed by atoms with Crippen LogP contribution in [0.5, 0.6) is 11.5 Å². The van der Waals surface area contributed by atoms with Gasteiger partial charge in [-0.2, -0.15) is 0 Å². The standard InChI is InChI=1S/C16H19ClN2O5/c1-5-24-15(20)13-8(2)18-16(21)19-14(13)9-6-11(22-3)12(23-4)7-10(9)17/h6-7,14H,5H2,1-4H3,(H2,18,19,21)/t14-/m1/s1. The molecule has 1 atom stereocenters. The monoisotopic (exact) mass is 354 g/mol. The molecule has 0 aromatic heterocycles. The minimum atomic E-state index is -0.759. The first kappa shape index (κ1) is 17.9. The number of urea groups is 1. The van der Waals surface area contributed by atoms with Gasteiger partial charge in [0, 0.05) is 17.3 Å². The summed E-state index contributed by atoms with van der Waals surface area (Å²) in [6, 6.07) is 2.01. The molecule has 0 aliphatic carbocycles. The molecule has 2 N–H and O–H groups in total. The van der Waals surface area contributed by atoms with Gasteiger partial charge in [0.1, 0.15) is 0 Å². The number of rotatable bonds is 5. The fourth-order valence-electron chi connectivity index (χ4n) is 2.50. The maximum atomic E-state index is 12.3. The molecule has 7 nitrogen and oxygen atoms in total. The van der Waals surface area contributed by atoms with Gasteiger partial charge in [-0.05, 0) is 19.9 Å². The number of benzene rings is 1. The number of nitrogens with one attached hydrogen (secondary N) is 2. The Balaban J connectivity index is 2.57. The lowest BCUT2D eigenvalue weighted by Crippen LogP contribution is -2.45. The van der Waals surface area contributed by atoms with Crippen LogP contribution < -0.4 is 20.1 Å². The molecule has 8 heteroatoms. The largest absolute Gasteiger partial charge is 0.493 e. The predicted molar refractivity (Wildman–Crippen MR) is 88.3 cm³/mol. The Bertz CT molecular complexity index is 702. The molecule has 1 aromatic rings. The SMILES string of the molecule is CCOC(=O)C1=C(C)NC(=O)N[C@@H]1c1cc(OC)c(OC)cc1Cl. The topological polar surface area (TPSA) is 85.9 Å². The second-order valence-electron chi connectivity index (χ2n) is 5.02. The minimum absolute atomic E-state index is 0.218. The van der Waals surface area contributed by atoms with Crippen LogP contribution in [0.2, 0.25) is 5.02 Å². The van der Waals surface area contributed by atoms with Crippen molar-refractivity contribution in [1.29, 1.82) is 0 Å². The lowest BCUT2D eigenvalue weighted by atomic mass is 9.95. The van der Waals surface area contributed by atoms with Gasteiger partial charge in [-0.1, -0.05) is 11.6 Å². The van der Waals surface area contributed by atoms with Crippen LogP contribution in [0.1, 0.15) is 25.5 Å². The highest BCUT2D eigenvalue weighted by atomic mass is 35.5. The Morgan fingerprint density at radius 3 is 2.46 bits per heavy atom. The summed E-state index contributed by atoms with van der Waals surface area (Å²) in [4.78, 5) is 24.2. The molecule has 24 heavy (non-hydrogen) atoms. The molecule has 130 valence electrons. The average molecular weight is 355 g/mol. The fraction of sp³-hybridized carbons (Fsp3) is 0.375. The Morgan fingerprint density at radius 2 is 1.88 bits per heavy atom. The van der Waals surface area contributed by atoms with Crippen molar-refractivity contribution < 1.29 is 23.8 Å². The second-order valence-corrected chi connectivity index (χ2v) is 5.43. The highest BCUT2D eigenvalue weighted by molar-refractivity contribution is 6.31. The van der Waals surface area contributed by atoms with Crippen molar-refractivity contribution in [3.05, 3.63) is 34.0 Å². The first-order chi connectivity index (χ1) is 11.4. The number of carbonyl (C=O) groups excluding carboxylic acids is 2. The van der Waals surface area contributed by atoms with Crippen molar-refractivity contribution in [2.45, 2.75) is 19.9 Å². The van der Waals surface area contributed by atoms with Gasteiger partial charge in [0.25, 0.3) is 0 Å². The molecule has 0 unspecified atom stereocenters. The van der Waals surface area contributed by atoms with Gasteiger partial charge in [0.2, 0.25) is 0 Å². The van der Waals surface area contributed by atoms with E-state index in [0.29, 0.717) is 27.8 Å². The number of ether oxygens (including phenoxy) is 3. The number of methoxy groups -OCH3 is 2. The number of hydrogen-bond acceptors (Lipinski definition) is 5. The zero-order chi connectivity index (χ0) is 17.9. The van der Waals surface area contributed by atoms with E-state index >= 15 is 0 Å². The highest BCUT2D eigenvalue weighted by Gasteiger charge is 2.34. The number of carbonyl (C=O) groups is 2. The quantitative estimate of drug-likeness (QED) is 0.794. The minimum Gasteiger partial charge on any atom is -0.493 e. The number of hydrogen-bond donors (Lipinski definition) is 2. The summed E-state index contributed by atoms with van der Waals surface area (Å²) in [6.07, 6.45) is 0. The molecule has 0 radical (unpaired) electrons. The number of allylic oxidation sites excluding steroid dienone is 1. The lowest BCUT2D eigenvalue weighted by Gasteiger charge is -2.29. The first-order valence-electron chi connectivity index (χ1n) is 7.29. The van der Waals surface area contributed by atoms with Gasteiger partial charge in [0.15, 0.2) is 11.5 Å². The Kier molecular flexibility index (Phi) is 5.56. The summed E-state index contributed by atoms with van der Waals surface area (Å²) in [5.74, 6) is 0.355. The molecule has 0 bridgehead atoms. The normalized spacial score (nSPS) is 17.0. The molecule has 0 saturated heterocycles. The molecule has 2 amide bonds. The van der Waals surface area contributed by atoms with Crippen LogP contribution in [0.15, 0.2) is 23.4 Å². The summed E-state index contributed by atoms with van der Waals surface area (Å²) in [5, 5.41) is 5.59. The Morgan fingerprint density at radius 1 is 1.25 bits per heavy atom. The molecule has 1 aromatic carbocycles. The maximum Gasteiger partial charge on any atom is 0.338 e. The van der Waals surface area contributed by atoms with Crippen LogP contribution in [0, 0.1) is 0 Å².